The molecule has 2 rings (SSSR count). The lowest BCUT2D eigenvalue weighted by atomic mass is 9.88. The Labute approximate surface area is 69.1 Å². The number of fused-ring (bicyclic) bond motifs is 1. The van der Waals surface area contributed by atoms with Crippen molar-refractivity contribution in [1.82, 2.24) is 0 Å². The highest BCUT2D eigenvalue weighted by Crippen LogP contribution is 2.55. The molecule has 0 bridgehead atoms. The van der Waals surface area contributed by atoms with Gasteiger partial charge in [0.15, 0.2) is 0 Å². The van der Waals surface area contributed by atoms with Crippen LogP contribution in [0.2, 0.25) is 0 Å². The standard InChI is InChI=1S/C10H18O/c1-10(2,3)4-7-8-5-11-6-9(7)8/h7-9H,4-6H2,1-3H3/t7-,8-,9+. The minimum Gasteiger partial charge on any atom is -0.381 e. The molecular weight excluding hydrogens is 136 g/mol. The SMILES string of the molecule is CC(C)(C)C[C@H]1[C@@H]2COC[C@@H]21. The Morgan fingerprint density at radius 2 is 1.73 bits per heavy atom. The zero-order valence-corrected chi connectivity index (χ0v) is 7.76. The molecule has 1 aliphatic heterocycles. The lowest BCUT2D eigenvalue weighted by molar-refractivity contribution is 0.141. The minimum absolute atomic E-state index is 0.523. The number of rotatable bonds is 1. The van der Waals surface area contributed by atoms with Gasteiger partial charge in [-0.1, -0.05) is 20.8 Å². The summed E-state index contributed by atoms with van der Waals surface area (Å²) in [7, 11) is 0. The average Bonchev–Trinajstić information content (AvgIpc) is 2.39. The van der Waals surface area contributed by atoms with Crippen LogP contribution in [0.5, 0.6) is 0 Å². The third kappa shape index (κ3) is 1.44. The molecule has 2 fully saturated rings. The van der Waals surface area contributed by atoms with Crippen LogP contribution in [0.4, 0.5) is 0 Å². The first-order valence-electron chi connectivity index (χ1n) is 4.66. The van der Waals surface area contributed by atoms with Gasteiger partial charge in [-0.25, -0.2) is 0 Å². The van der Waals surface area contributed by atoms with Gasteiger partial charge in [0.1, 0.15) is 0 Å². The van der Waals surface area contributed by atoms with Crippen LogP contribution in [0.15, 0.2) is 0 Å². The molecule has 1 heteroatoms. The number of ether oxygens (including phenoxy) is 1. The summed E-state index contributed by atoms with van der Waals surface area (Å²) in [6.45, 7) is 9.10. The fourth-order valence-electron chi connectivity index (χ4n) is 2.37. The topological polar surface area (TPSA) is 9.23 Å². The highest BCUT2D eigenvalue weighted by Gasteiger charge is 2.54. The van der Waals surface area contributed by atoms with Crippen molar-refractivity contribution >= 4 is 0 Å². The van der Waals surface area contributed by atoms with Crippen LogP contribution in [0.1, 0.15) is 27.2 Å². The van der Waals surface area contributed by atoms with Gasteiger partial charge < -0.3 is 4.74 Å². The predicted octanol–water partition coefficient (Wildman–Crippen LogP) is 2.32. The third-order valence-corrected chi connectivity index (χ3v) is 2.98. The second kappa shape index (κ2) is 2.22. The highest BCUT2D eigenvalue weighted by atomic mass is 16.5. The summed E-state index contributed by atoms with van der Waals surface area (Å²) in [6.07, 6.45) is 1.39. The summed E-state index contributed by atoms with van der Waals surface area (Å²) in [5, 5.41) is 0. The molecule has 0 unspecified atom stereocenters. The molecule has 0 aromatic carbocycles. The number of hydrogen-bond donors (Lipinski definition) is 0. The molecule has 2 aliphatic rings. The van der Waals surface area contributed by atoms with Gasteiger partial charge in [-0.05, 0) is 29.6 Å². The third-order valence-electron chi connectivity index (χ3n) is 2.98. The van der Waals surface area contributed by atoms with Gasteiger partial charge in [0.05, 0.1) is 13.2 Å². The maximum atomic E-state index is 5.35. The van der Waals surface area contributed by atoms with E-state index in [2.05, 4.69) is 20.8 Å². The molecule has 3 atom stereocenters. The molecule has 0 aromatic heterocycles. The van der Waals surface area contributed by atoms with Crippen molar-refractivity contribution in [3.05, 3.63) is 0 Å². The van der Waals surface area contributed by atoms with Crippen LogP contribution in [0, 0.1) is 23.2 Å². The van der Waals surface area contributed by atoms with Gasteiger partial charge in [0.2, 0.25) is 0 Å². The summed E-state index contributed by atoms with van der Waals surface area (Å²) in [4.78, 5) is 0. The Bertz CT molecular complexity index is 147. The summed E-state index contributed by atoms with van der Waals surface area (Å²) in [6, 6.07) is 0. The van der Waals surface area contributed by atoms with Crippen molar-refractivity contribution in [2.75, 3.05) is 13.2 Å². The fraction of sp³-hybridized carbons (Fsp3) is 1.00. The van der Waals surface area contributed by atoms with E-state index in [-0.39, 0.29) is 0 Å². The Kier molecular flexibility index (Phi) is 1.54. The van der Waals surface area contributed by atoms with E-state index in [1.807, 2.05) is 0 Å². The van der Waals surface area contributed by atoms with Crippen LogP contribution < -0.4 is 0 Å². The minimum atomic E-state index is 0.523. The summed E-state index contributed by atoms with van der Waals surface area (Å²) < 4.78 is 5.35. The Morgan fingerprint density at radius 1 is 1.18 bits per heavy atom. The van der Waals surface area contributed by atoms with Crippen molar-refractivity contribution in [3.63, 3.8) is 0 Å². The van der Waals surface area contributed by atoms with Crippen molar-refractivity contribution in [2.45, 2.75) is 27.2 Å². The van der Waals surface area contributed by atoms with Crippen molar-refractivity contribution < 1.29 is 4.74 Å². The largest absolute Gasteiger partial charge is 0.381 e. The molecule has 1 saturated carbocycles. The summed E-state index contributed by atoms with van der Waals surface area (Å²) >= 11 is 0. The van der Waals surface area contributed by atoms with Crippen LogP contribution in [0.3, 0.4) is 0 Å². The molecule has 0 amide bonds. The molecule has 0 radical (unpaired) electrons. The molecular formula is C10H18O. The van der Waals surface area contributed by atoms with E-state index in [0.29, 0.717) is 5.41 Å². The van der Waals surface area contributed by atoms with Crippen LogP contribution in [0.25, 0.3) is 0 Å². The normalized spacial score (nSPS) is 42.3. The van der Waals surface area contributed by atoms with Gasteiger partial charge in [-0.2, -0.15) is 0 Å². The quantitative estimate of drug-likeness (QED) is 0.563. The second-order valence-corrected chi connectivity index (χ2v) is 5.29. The molecule has 1 nitrogen and oxygen atoms in total. The second-order valence-electron chi connectivity index (χ2n) is 5.29. The van der Waals surface area contributed by atoms with Gasteiger partial charge in [-0.3, -0.25) is 0 Å². The van der Waals surface area contributed by atoms with Crippen LogP contribution in [-0.2, 0) is 4.74 Å². The molecule has 1 aliphatic carbocycles. The van der Waals surface area contributed by atoms with Crippen molar-refractivity contribution in [3.8, 4) is 0 Å². The molecule has 1 saturated heterocycles. The van der Waals surface area contributed by atoms with Crippen LogP contribution in [-0.4, -0.2) is 13.2 Å². The predicted molar refractivity (Wildman–Crippen MR) is 45.4 cm³/mol. The van der Waals surface area contributed by atoms with Crippen molar-refractivity contribution in [2.24, 2.45) is 23.2 Å². The van der Waals surface area contributed by atoms with E-state index in [1.165, 1.54) is 6.42 Å². The first kappa shape index (κ1) is 7.60. The monoisotopic (exact) mass is 154 g/mol. The maximum Gasteiger partial charge on any atom is 0.0500 e. The Hall–Kier alpha value is -0.0400. The Morgan fingerprint density at radius 3 is 2.18 bits per heavy atom. The van der Waals surface area contributed by atoms with E-state index in [9.17, 15) is 0 Å². The van der Waals surface area contributed by atoms with E-state index in [0.717, 1.165) is 31.0 Å². The maximum absolute atomic E-state index is 5.35. The zero-order valence-electron chi connectivity index (χ0n) is 7.76. The first-order valence-corrected chi connectivity index (χ1v) is 4.66. The number of hydrogen-bond acceptors (Lipinski definition) is 1. The molecule has 0 aromatic rings. The summed E-state index contributed by atoms with van der Waals surface area (Å²) in [5.41, 5.74) is 0.523. The molecule has 1 heterocycles. The highest BCUT2D eigenvalue weighted by molar-refractivity contribution is 5.01. The molecule has 11 heavy (non-hydrogen) atoms. The zero-order chi connectivity index (χ0) is 8.06. The lowest BCUT2D eigenvalue weighted by Gasteiger charge is -2.18. The van der Waals surface area contributed by atoms with E-state index in [1.54, 1.807) is 0 Å². The van der Waals surface area contributed by atoms with Gasteiger partial charge in [0.25, 0.3) is 0 Å². The van der Waals surface area contributed by atoms with E-state index < -0.39 is 0 Å². The smallest absolute Gasteiger partial charge is 0.0500 e. The van der Waals surface area contributed by atoms with E-state index >= 15 is 0 Å². The fourth-order valence-corrected chi connectivity index (χ4v) is 2.37. The molecule has 0 spiro atoms. The van der Waals surface area contributed by atoms with Crippen LogP contribution >= 0.6 is 0 Å². The van der Waals surface area contributed by atoms with Gasteiger partial charge in [0, 0.05) is 0 Å². The lowest BCUT2D eigenvalue weighted by Crippen LogP contribution is -2.09. The van der Waals surface area contributed by atoms with E-state index in [4.69, 9.17) is 4.74 Å². The molecule has 64 valence electrons. The van der Waals surface area contributed by atoms with Gasteiger partial charge >= 0.3 is 0 Å². The Balaban J connectivity index is 1.83. The van der Waals surface area contributed by atoms with Crippen molar-refractivity contribution in [1.29, 1.82) is 0 Å². The summed E-state index contributed by atoms with van der Waals surface area (Å²) in [5.74, 6) is 2.88. The first-order chi connectivity index (χ1) is 5.08. The molecule has 0 N–H and O–H groups in total. The average molecular weight is 154 g/mol. The van der Waals surface area contributed by atoms with Gasteiger partial charge in [-0.15, -0.1) is 0 Å².